The summed E-state index contributed by atoms with van der Waals surface area (Å²) in [6.07, 6.45) is -5.85. The number of ether oxygens (including phenoxy) is 11. The minimum atomic E-state index is -2.23. The lowest BCUT2D eigenvalue weighted by molar-refractivity contribution is -0.282. The van der Waals surface area contributed by atoms with Crippen LogP contribution in [0.2, 0.25) is 36.3 Å². The van der Waals surface area contributed by atoms with Gasteiger partial charge in [-0.15, -0.1) is 0 Å². The van der Waals surface area contributed by atoms with E-state index in [4.69, 9.17) is 66.7 Å². The summed E-state index contributed by atoms with van der Waals surface area (Å²) in [6.45, 7) is 34.9. The highest BCUT2D eigenvalue weighted by atomic mass is 28.4. The fourth-order valence-electron chi connectivity index (χ4n) is 10.0. The maximum Gasteiger partial charge on any atom is 0.411 e. The van der Waals surface area contributed by atoms with Crippen LogP contribution in [-0.2, 0) is 63.1 Å². The van der Waals surface area contributed by atoms with Crippen molar-refractivity contribution in [3.05, 3.63) is 89.5 Å². The van der Waals surface area contributed by atoms with Crippen molar-refractivity contribution in [3.63, 3.8) is 0 Å². The summed E-state index contributed by atoms with van der Waals surface area (Å²) in [5.41, 5.74) is 9.56. The summed E-state index contributed by atoms with van der Waals surface area (Å²) in [5, 5.41) is 2.70. The van der Waals surface area contributed by atoms with Crippen LogP contribution in [-0.4, -0.2) is 172 Å². The summed E-state index contributed by atoms with van der Waals surface area (Å²) < 4.78 is 75.9. The first-order valence-electron chi connectivity index (χ1n) is 30.7. The molecule has 0 bridgehead atoms. The zero-order chi connectivity index (χ0) is 68.2. The third-order valence-electron chi connectivity index (χ3n) is 17.1. The van der Waals surface area contributed by atoms with Crippen molar-refractivity contribution in [2.24, 2.45) is 0 Å². The number of amides is 3. The normalized spacial score (nSPS) is 20.2. The SMILES string of the molecule is C=C1C[C@@H](CO[Si](C)(C)C(C)(C)C)N(C(=O)c2cc(OC)c(OCCCCCOc3cc(NC(=O)OCc4ccc(O[C@@H]5O[C@H](C(=O)OC)[C@@H](OC(C)=O)[C@H](OC(C)=O)[C@H]5OC(C)=O)cc4)c(C(=O)N4CC(=C)C[C@H]4CO[Si](C)(C)C(C)(C)C)cc3OC)cc2N)C1. The summed E-state index contributed by atoms with van der Waals surface area (Å²) >= 11 is 0. The molecule has 3 fully saturated rings. The second-order valence-electron chi connectivity index (χ2n) is 26.3. The number of hydrogen-bond acceptors (Lipinski definition) is 21. The van der Waals surface area contributed by atoms with Crippen molar-refractivity contribution in [2.75, 3.05) is 71.9 Å². The van der Waals surface area contributed by atoms with Gasteiger partial charge >= 0.3 is 30.0 Å². The number of unbranched alkanes of at least 4 members (excludes halogenated alkanes) is 2. The minimum Gasteiger partial charge on any atom is -0.493 e. The van der Waals surface area contributed by atoms with E-state index in [-0.39, 0.29) is 82.0 Å². The van der Waals surface area contributed by atoms with E-state index in [1.54, 1.807) is 34.1 Å². The first-order chi connectivity index (χ1) is 43.1. The monoisotopic (exact) mass is 1320 g/mol. The Morgan fingerprint density at radius 1 is 0.630 bits per heavy atom. The number of nitrogens with two attached hydrogens (primary N) is 1. The van der Waals surface area contributed by atoms with E-state index in [0.29, 0.717) is 81.1 Å². The molecule has 0 aliphatic carbocycles. The molecular weight excluding hydrogens is 1220 g/mol. The molecule has 3 aromatic carbocycles. The van der Waals surface area contributed by atoms with Crippen LogP contribution in [0.1, 0.15) is 121 Å². The van der Waals surface area contributed by atoms with Crippen LogP contribution in [0.3, 0.4) is 0 Å². The van der Waals surface area contributed by atoms with Gasteiger partial charge in [0.05, 0.1) is 76.7 Å². The molecule has 3 saturated heterocycles. The van der Waals surface area contributed by atoms with E-state index in [0.717, 1.165) is 39.0 Å². The Balaban J connectivity index is 1.14. The molecule has 3 aliphatic heterocycles. The Morgan fingerprint density at radius 3 is 1.58 bits per heavy atom. The Bertz CT molecular complexity index is 3180. The molecule has 0 saturated carbocycles. The molecule has 3 aromatic rings. The Kier molecular flexibility index (Phi) is 25.0. The van der Waals surface area contributed by atoms with Crippen molar-refractivity contribution >= 4 is 69.8 Å². The smallest absolute Gasteiger partial charge is 0.411 e. The van der Waals surface area contributed by atoms with Gasteiger partial charge in [-0.05, 0) is 98.2 Å². The number of likely N-dealkylation sites (tertiary alicyclic amines) is 2. The Labute approximate surface area is 542 Å². The van der Waals surface area contributed by atoms with Crippen LogP contribution in [0.5, 0.6) is 28.7 Å². The number of carbonyl (C=O) groups is 7. The molecule has 0 unspecified atom stereocenters. The predicted octanol–water partition coefficient (Wildman–Crippen LogP) is 10.3. The predicted molar refractivity (Wildman–Crippen MR) is 347 cm³/mol. The zero-order valence-corrected chi connectivity index (χ0v) is 58.2. The van der Waals surface area contributed by atoms with Gasteiger partial charge in [0.15, 0.2) is 57.9 Å². The van der Waals surface area contributed by atoms with Crippen LogP contribution in [0.15, 0.2) is 72.8 Å². The molecule has 26 heteroatoms. The van der Waals surface area contributed by atoms with E-state index in [1.807, 2.05) is 0 Å². The van der Waals surface area contributed by atoms with Crippen molar-refractivity contribution in [1.82, 2.24) is 9.80 Å². The highest BCUT2D eigenvalue weighted by molar-refractivity contribution is 6.74. The molecule has 3 aliphatic rings. The van der Waals surface area contributed by atoms with E-state index in [2.05, 4.69) is 86.2 Å². The molecule has 6 rings (SSSR count). The molecular formula is C66H94N4O20Si2. The first-order valence-corrected chi connectivity index (χ1v) is 36.5. The lowest BCUT2D eigenvalue weighted by Gasteiger charge is -2.43. The molecule has 92 heavy (non-hydrogen) atoms. The first kappa shape index (κ1) is 73.4. The lowest BCUT2D eigenvalue weighted by Crippen LogP contribution is -2.64. The van der Waals surface area contributed by atoms with E-state index >= 15 is 0 Å². The summed E-state index contributed by atoms with van der Waals surface area (Å²) in [6, 6.07) is 11.8. The molecule has 3 heterocycles. The molecule has 3 N–H and O–H groups in total. The number of nitrogen functional groups attached to an aromatic ring is 1. The molecule has 0 spiro atoms. The van der Waals surface area contributed by atoms with Gasteiger partial charge in [-0.1, -0.05) is 78.0 Å². The standard InChI is InChI=1S/C66H94N4O20Si2/c1-39-28-45(37-84-91(15,16)65(6,7)8)69(34-39)60(74)48-30-52(78-12)54(32-50(48)67)81-26-20-19-21-27-82-55-33-51(49(31-53(55)79-13)61(75)70-35-40(2)29-46(70)38-85-92(17,18)66(9,10)11)68-64(77)83-36-44-22-24-47(25-23-44)89-63-59(88-43(5)73)57(87-42(4)72)56(86-41(3)71)58(90-63)62(76)80-14/h22-25,30-33,45-46,56-59,63H,1-2,19-21,26-29,34-38,67H2,3-18H3,(H,68,77)/t45-,46-,56-,57-,58-,59+,63+/m0/s1. The largest absolute Gasteiger partial charge is 0.493 e. The number of carbonyl (C=O) groups excluding carboxylic acids is 7. The topological polar surface area (TPSA) is 284 Å². The quantitative estimate of drug-likeness (QED) is 0.0179. The highest BCUT2D eigenvalue weighted by Gasteiger charge is 2.56. The van der Waals surface area contributed by atoms with Crippen LogP contribution in [0.4, 0.5) is 16.2 Å². The molecule has 24 nitrogen and oxygen atoms in total. The van der Waals surface area contributed by atoms with E-state index in [9.17, 15) is 33.6 Å². The number of anilines is 2. The molecule has 0 aromatic heterocycles. The van der Waals surface area contributed by atoms with Gasteiger partial charge in [0.1, 0.15) is 12.4 Å². The van der Waals surface area contributed by atoms with Crippen LogP contribution in [0, 0.1) is 0 Å². The summed E-state index contributed by atoms with van der Waals surface area (Å²) in [7, 11) is -0.268. The minimum absolute atomic E-state index is 0.0136. The third kappa shape index (κ3) is 19.0. The van der Waals surface area contributed by atoms with Gasteiger partial charge in [0.2, 0.25) is 12.4 Å². The van der Waals surface area contributed by atoms with Gasteiger partial charge in [0.25, 0.3) is 11.8 Å². The van der Waals surface area contributed by atoms with Gasteiger partial charge in [-0.25, -0.2) is 9.59 Å². The van der Waals surface area contributed by atoms with Crippen molar-refractivity contribution in [3.8, 4) is 28.7 Å². The molecule has 506 valence electrons. The summed E-state index contributed by atoms with van der Waals surface area (Å²) in [5.74, 6) is -2.81. The zero-order valence-electron chi connectivity index (χ0n) is 56.2. The van der Waals surface area contributed by atoms with Gasteiger partial charge in [-0.2, -0.15) is 0 Å². The number of hydrogen-bond donors (Lipinski definition) is 2. The Hall–Kier alpha value is -7.66. The maximum atomic E-state index is 14.8. The maximum absolute atomic E-state index is 14.8. The van der Waals surface area contributed by atoms with Crippen molar-refractivity contribution in [2.45, 2.75) is 180 Å². The van der Waals surface area contributed by atoms with E-state index < -0.39 is 83.2 Å². The fourth-order valence-corrected chi connectivity index (χ4v) is 12.1. The fraction of sp³-hybridized carbons (Fsp3) is 0.561. The van der Waals surface area contributed by atoms with Crippen LogP contribution in [0.25, 0.3) is 0 Å². The van der Waals surface area contributed by atoms with Gasteiger partial charge in [-0.3, -0.25) is 29.3 Å². The average Bonchev–Trinajstić information content (AvgIpc) is 1.03. The number of esters is 4. The van der Waals surface area contributed by atoms with Crippen molar-refractivity contribution < 1.29 is 94.5 Å². The summed E-state index contributed by atoms with van der Waals surface area (Å²) in [4.78, 5) is 96.0. The number of methoxy groups -OCH3 is 3. The Morgan fingerprint density at radius 2 is 1.10 bits per heavy atom. The van der Waals surface area contributed by atoms with Crippen LogP contribution < -0.4 is 34.7 Å². The number of nitrogens with one attached hydrogen (secondary N) is 1. The molecule has 7 atom stereocenters. The number of benzene rings is 3. The van der Waals surface area contributed by atoms with Gasteiger partial charge < -0.3 is 76.5 Å². The molecule has 3 amide bonds. The van der Waals surface area contributed by atoms with E-state index in [1.165, 1.54) is 38.5 Å². The second kappa shape index (κ2) is 31.3. The highest BCUT2D eigenvalue weighted by Crippen LogP contribution is 2.42. The number of nitrogens with zero attached hydrogens (tertiary/aromatic N) is 2. The second-order valence-corrected chi connectivity index (χ2v) is 35.9. The lowest BCUT2D eigenvalue weighted by atomic mass is 9.97. The molecule has 0 radical (unpaired) electrons. The third-order valence-corrected chi connectivity index (χ3v) is 26.1. The average molecular weight is 1320 g/mol. The van der Waals surface area contributed by atoms with Gasteiger partial charge in [0, 0.05) is 51.7 Å². The van der Waals surface area contributed by atoms with Crippen molar-refractivity contribution in [1.29, 1.82) is 0 Å². The number of rotatable bonds is 27. The van der Waals surface area contributed by atoms with Crippen LogP contribution >= 0.6 is 0 Å².